The monoisotopic (exact) mass is 482 g/mol. The summed E-state index contributed by atoms with van der Waals surface area (Å²) >= 11 is 1.42. The highest BCUT2D eigenvalue weighted by Crippen LogP contribution is 2.37. The Kier molecular flexibility index (Phi) is 11.0. The minimum atomic E-state index is -0.472. The van der Waals surface area contributed by atoms with Crippen LogP contribution in [0.4, 0.5) is 0 Å². The second kappa shape index (κ2) is 13.2. The van der Waals surface area contributed by atoms with Gasteiger partial charge in [-0.2, -0.15) is 5.26 Å². The molecule has 2 aliphatic rings. The van der Waals surface area contributed by atoms with E-state index in [1.165, 1.54) is 11.8 Å². The summed E-state index contributed by atoms with van der Waals surface area (Å²) in [6.07, 6.45) is 0.389. The standard InChI is InChI=1S/C23H34N4O3S.ClH/c1-4-29-20-12-17-6-7-25-23(19(17)13-21(20)30-5-2)22(14-24)31-16-18(28)15-27-10-8-26(3)9-11-27;/h12-13,18,25,28H,4-11,15-16H2,1-3H3;1H. The summed E-state index contributed by atoms with van der Waals surface area (Å²) in [5.41, 5.74) is 2.95. The van der Waals surface area contributed by atoms with Gasteiger partial charge in [0.25, 0.3) is 0 Å². The molecule has 7 nitrogen and oxygen atoms in total. The molecule has 0 amide bonds. The Morgan fingerprint density at radius 2 is 1.84 bits per heavy atom. The van der Waals surface area contributed by atoms with Gasteiger partial charge in [0, 0.05) is 50.6 Å². The zero-order chi connectivity index (χ0) is 22.2. The molecule has 0 spiro atoms. The summed E-state index contributed by atoms with van der Waals surface area (Å²) < 4.78 is 11.6. The molecule has 2 aliphatic heterocycles. The van der Waals surface area contributed by atoms with Crippen LogP contribution in [-0.2, 0) is 6.42 Å². The number of allylic oxidation sites excluding steroid dienone is 1. The number of hydrogen-bond acceptors (Lipinski definition) is 8. The van der Waals surface area contributed by atoms with Crippen molar-refractivity contribution in [3.63, 3.8) is 0 Å². The number of piperazine rings is 1. The second-order valence-corrected chi connectivity index (χ2v) is 8.91. The van der Waals surface area contributed by atoms with Crippen molar-refractivity contribution < 1.29 is 14.6 Å². The molecule has 9 heteroatoms. The number of fused-ring (bicyclic) bond motifs is 1. The van der Waals surface area contributed by atoms with E-state index in [9.17, 15) is 10.4 Å². The molecule has 3 rings (SSSR count). The quantitative estimate of drug-likeness (QED) is 0.520. The normalized spacial score (nSPS) is 19.1. The molecule has 2 N–H and O–H groups in total. The van der Waals surface area contributed by atoms with E-state index >= 15 is 0 Å². The topological polar surface area (TPSA) is 81.0 Å². The van der Waals surface area contributed by atoms with Crippen LogP contribution in [0.5, 0.6) is 11.5 Å². The summed E-state index contributed by atoms with van der Waals surface area (Å²) in [7, 11) is 2.12. The Hall–Kier alpha value is -1.63. The lowest BCUT2D eigenvalue weighted by atomic mass is 9.97. The van der Waals surface area contributed by atoms with Crippen molar-refractivity contribution in [2.45, 2.75) is 26.4 Å². The lowest BCUT2D eigenvalue weighted by Gasteiger charge is -2.33. The maximum absolute atomic E-state index is 10.5. The molecule has 1 aromatic carbocycles. The average Bonchev–Trinajstić information content (AvgIpc) is 2.76. The van der Waals surface area contributed by atoms with Gasteiger partial charge in [-0.15, -0.1) is 24.2 Å². The summed E-state index contributed by atoms with van der Waals surface area (Å²) in [4.78, 5) is 5.20. The number of nitriles is 1. The van der Waals surface area contributed by atoms with Gasteiger partial charge in [-0.25, -0.2) is 0 Å². The highest BCUT2D eigenvalue weighted by Gasteiger charge is 2.23. The van der Waals surface area contributed by atoms with E-state index in [4.69, 9.17) is 9.47 Å². The molecule has 0 aromatic heterocycles. The molecule has 178 valence electrons. The fourth-order valence-electron chi connectivity index (χ4n) is 3.92. The predicted molar refractivity (Wildman–Crippen MR) is 133 cm³/mol. The van der Waals surface area contributed by atoms with Crippen LogP contribution in [0, 0.1) is 11.3 Å². The molecular weight excluding hydrogens is 448 g/mol. The number of halogens is 1. The molecule has 32 heavy (non-hydrogen) atoms. The van der Waals surface area contributed by atoms with E-state index < -0.39 is 6.10 Å². The van der Waals surface area contributed by atoms with E-state index in [1.54, 1.807) is 0 Å². The van der Waals surface area contributed by atoms with Crippen molar-refractivity contribution in [2.24, 2.45) is 0 Å². The predicted octanol–water partition coefficient (Wildman–Crippen LogP) is 2.59. The van der Waals surface area contributed by atoms with Crippen molar-refractivity contribution in [3.05, 3.63) is 28.2 Å². The number of benzene rings is 1. The molecule has 0 aliphatic carbocycles. The molecule has 0 bridgehead atoms. The lowest BCUT2D eigenvalue weighted by Crippen LogP contribution is -2.47. The van der Waals surface area contributed by atoms with Crippen LogP contribution in [0.1, 0.15) is 25.0 Å². The SMILES string of the molecule is CCOc1cc2c(cc1OCC)C(=C(C#N)SCC(O)CN1CCN(C)CC1)NCC2.Cl. The maximum atomic E-state index is 10.5. The molecule has 2 heterocycles. The van der Waals surface area contributed by atoms with Crippen LogP contribution in [0.2, 0.25) is 0 Å². The Bertz CT molecular complexity index is 822. The molecule has 1 unspecified atom stereocenters. The van der Waals surface area contributed by atoms with E-state index in [2.05, 4.69) is 28.2 Å². The highest BCUT2D eigenvalue weighted by atomic mass is 35.5. The zero-order valence-corrected chi connectivity index (χ0v) is 20.9. The Balaban J connectivity index is 0.00000363. The van der Waals surface area contributed by atoms with Gasteiger partial charge >= 0.3 is 0 Å². The van der Waals surface area contributed by atoms with Gasteiger partial charge in [-0.3, -0.25) is 4.90 Å². The molecular formula is C23H35ClN4O3S. The number of ether oxygens (including phenoxy) is 2. The Morgan fingerprint density at radius 3 is 2.47 bits per heavy atom. The molecule has 0 saturated carbocycles. The average molecular weight is 483 g/mol. The van der Waals surface area contributed by atoms with Gasteiger partial charge in [-0.05, 0) is 45.0 Å². The summed E-state index contributed by atoms with van der Waals surface area (Å²) in [5.74, 6) is 1.94. The Labute approximate surface area is 202 Å². The first-order valence-electron chi connectivity index (χ1n) is 11.1. The summed E-state index contributed by atoms with van der Waals surface area (Å²) in [5, 5.41) is 23.8. The third-order valence-corrected chi connectivity index (χ3v) is 6.68. The molecule has 0 radical (unpaired) electrons. The van der Waals surface area contributed by atoms with E-state index in [0.29, 0.717) is 36.2 Å². The first kappa shape index (κ1) is 26.6. The van der Waals surface area contributed by atoms with Gasteiger partial charge in [0.15, 0.2) is 11.5 Å². The lowest BCUT2D eigenvalue weighted by molar-refractivity contribution is 0.0921. The van der Waals surface area contributed by atoms with Gasteiger partial charge in [0.1, 0.15) is 11.0 Å². The van der Waals surface area contributed by atoms with Crippen molar-refractivity contribution in [1.29, 1.82) is 5.26 Å². The molecule has 1 fully saturated rings. The third kappa shape index (κ3) is 6.93. The van der Waals surface area contributed by atoms with Crippen molar-refractivity contribution >= 4 is 29.9 Å². The summed E-state index contributed by atoms with van der Waals surface area (Å²) in [6.45, 7) is 10.4. The van der Waals surface area contributed by atoms with Crippen LogP contribution in [0.3, 0.4) is 0 Å². The van der Waals surface area contributed by atoms with Gasteiger partial charge in [0.05, 0.1) is 25.0 Å². The molecule has 1 saturated heterocycles. The summed E-state index contributed by atoms with van der Waals surface area (Å²) in [6, 6.07) is 6.36. The fourth-order valence-corrected chi connectivity index (χ4v) is 4.77. The Morgan fingerprint density at radius 1 is 1.19 bits per heavy atom. The first-order chi connectivity index (χ1) is 15.0. The molecule has 1 aromatic rings. The first-order valence-corrected chi connectivity index (χ1v) is 12.1. The largest absolute Gasteiger partial charge is 0.490 e. The van der Waals surface area contributed by atoms with Crippen LogP contribution < -0.4 is 14.8 Å². The number of hydrogen-bond donors (Lipinski definition) is 2. The number of thioether (sulfide) groups is 1. The van der Waals surface area contributed by atoms with Crippen molar-refractivity contribution in [3.8, 4) is 17.6 Å². The van der Waals surface area contributed by atoms with Crippen LogP contribution in [0.25, 0.3) is 5.70 Å². The van der Waals surface area contributed by atoms with Crippen LogP contribution in [0.15, 0.2) is 17.0 Å². The number of β-amino-alcohol motifs (C(OH)–C–C–N with tert-alkyl or cyclic N) is 1. The number of nitrogens with one attached hydrogen (secondary N) is 1. The minimum absolute atomic E-state index is 0. The number of rotatable bonds is 9. The highest BCUT2D eigenvalue weighted by molar-refractivity contribution is 8.03. The molecule has 1 atom stereocenters. The van der Waals surface area contributed by atoms with Crippen molar-refractivity contribution in [2.75, 3.05) is 65.3 Å². The zero-order valence-electron chi connectivity index (χ0n) is 19.2. The van der Waals surface area contributed by atoms with E-state index in [-0.39, 0.29) is 12.4 Å². The van der Waals surface area contributed by atoms with Crippen LogP contribution in [-0.4, -0.2) is 86.3 Å². The van der Waals surface area contributed by atoms with E-state index in [0.717, 1.165) is 61.7 Å². The smallest absolute Gasteiger partial charge is 0.161 e. The minimum Gasteiger partial charge on any atom is -0.490 e. The van der Waals surface area contributed by atoms with Crippen LogP contribution >= 0.6 is 24.2 Å². The third-order valence-electron chi connectivity index (χ3n) is 5.55. The van der Waals surface area contributed by atoms with Gasteiger partial charge in [-0.1, -0.05) is 0 Å². The second-order valence-electron chi connectivity index (χ2n) is 7.88. The number of likely N-dealkylation sites (N-methyl/N-ethyl adjacent to an activating group) is 1. The fraction of sp³-hybridized carbons (Fsp3) is 0.609. The number of aliphatic hydroxyl groups excluding tert-OH is 1. The number of nitrogens with zero attached hydrogens (tertiary/aromatic N) is 3. The maximum Gasteiger partial charge on any atom is 0.161 e. The van der Waals surface area contributed by atoms with Gasteiger partial charge in [0.2, 0.25) is 0 Å². The van der Waals surface area contributed by atoms with E-state index in [1.807, 2.05) is 26.0 Å². The van der Waals surface area contributed by atoms with Crippen molar-refractivity contribution in [1.82, 2.24) is 15.1 Å². The van der Waals surface area contributed by atoms with Gasteiger partial charge < -0.3 is 24.8 Å². The number of aliphatic hydroxyl groups is 1.